The molecular weight excluding hydrogens is 329 g/mol. The summed E-state index contributed by atoms with van der Waals surface area (Å²) in [6.07, 6.45) is 2.25. The standard InChI is InChI=1S/C19H21F3N2O/c20-17-7-4-8-18(24-9-1-2-10-24)16(17)13-23-12-14-5-3-6-15(11-14)25-19(21)22/h3-8,11,19,23H,1-2,9-10,12-13H2. The van der Waals surface area contributed by atoms with Crippen LogP contribution in [0.3, 0.4) is 0 Å². The Morgan fingerprint density at radius 1 is 1.04 bits per heavy atom. The Labute approximate surface area is 145 Å². The van der Waals surface area contributed by atoms with Gasteiger partial charge in [0, 0.05) is 37.4 Å². The van der Waals surface area contributed by atoms with Crippen LogP contribution in [0.2, 0.25) is 0 Å². The number of hydrogen-bond acceptors (Lipinski definition) is 3. The van der Waals surface area contributed by atoms with Gasteiger partial charge < -0.3 is 15.0 Å². The number of hydrogen-bond donors (Lipinski definition) is 1. The van der Waals surface area contributed by atoms with Gasteiger partial charge in [0.15, 0.2) is 0 Å². The number of ether oxygens (including phenoxy) is 1. The quantitative estimate of drug-likeness (QED) is 0.805. The summed E-state index contributed by atoms with van der Waals surface area (Å²) in [5, 5.41) is 3.19. The molecule has 1 heterocycles. The third-order valence-corrected chi connectivity index (χ3v) is 4.30. The van der Waals surface area contributed by atoms with Crippen molar-refractivity contribution < 1.29 is 17.9 Å². The molecule has 25 heavy (non-hydrogen) atoms. The molecule has 1 N–H and O–H groups in total. The second kappa shape index (κ2) is 8.25. The maximum atomic E-state index is 14.3. The van der Waals surface area contributed by atoms with Crippen LogP contribution in [-0.4, -0.2) is 19.7 Å². The van der Waals surface area contributed by atoms with E-state index in [-0.39, 0.29) is 11.6 Å². The van der Waals surface area contributed by atoms with Crippen LogP contribution in [0, 0.1) is 5.82 Å². The Hall–Kier alpha value is -2.21. The maximum absolute atomic E-state index is 14.3. The monoisotopic (exact) mass is 350 g/mol. The summed E-state index contributed by atoms with van der Waals surface area (Å²) in [6, 6.07) is 11.7. The first-order chi connectivity index (χ1) is 12.1. The van der Waals surface area contributed by atoms with E-state index in [1.54, 1.807) is 18.2 Å². The molecule has 0 aromatic heterocycles. The smallest absolute Gasteiger partial charge is 0.387 e. The molecule has 0 aliphatic carbocycles. The van der Waals surface area contributed by atoms with Gasteiger partial charge in [0.1, 0.15) is 11.6 Å². The van der Waals surface area contributed by atoms with Crippen molar-refractivity contribution in [3.05, 3.63) is 59.4 Å². The highest BCUT2D eigenvalue weighted by Crippen LogP contribution is 2.26. The van der Waals surface area contributed by atoms with Crippen LogP contribution in [0.5, 0.6) is 5.75 Å². The van der Waals surface area contributed by atoms with Crippen molar-refractivity contribution in [2.24, 2.45) is 0 Å². The Kier molecular flexibility index (Phi) is 5.81. The number of nitrogens with one attached hydrogen (secondary N) is 1. The fourth-order valence-electron chi connectivity index (χ4n) is 3.14. The van der Waals surface area contributed by atoms with Crippen molar-refractivity contribution >= 4 is 5.69 Å². The van der Waals surface area contributed by atoms with Crippen LogP contribution in [0.25, 0.3) is 0 Å². The normalized spacial score (nSPS) is 14.3. The predicted molar refractivity (Wildman–Crippen MR) is 91.5 cm³/mol. The van der Waals surface area contributed by atoms with Gasteiger partial charge in [-0.25, -0.2) is 4.39 Å². The van der Waals surface area contributed by atoms with Crippen LogP contribution < -0.4 is 15.0 Å². The summed E-state index contributed by atoms with van der Waals surface area (Å²) < 4.78 is 43.2. The van der Waals surface area contributed by atoms with Gasteiger partial charge in [0.05, 0.1) is 0 Å². The summed E-state index contributed by atoms with van der Waals surface area (Å²) in [5.41, 5.74) is 2.38. The first-order valence-corrected chi connectivity index (χ1v) is 8.40. The van der Waals surface area contributed by atoms with Crippen molar-refractivity contribution in [3.8, 4) is 5.75 Å². The number of nitrogens with zero attached hydrogens (tertiary/aromatic N) is 1. The lowest BCUT2D eigenvalue weighted by molar-refractivity contribution is -0.0498. The molecule has 134 valence electrons. The molecule has 0 bridgehead atoms. The predicted octanol–water partition coefficient (Wildman–Crippen LogP) is 4.32. The van der Waals surface area contributed by atoms with Gasteiger partial charge in [-0.05, 0) is 42.7 Å². The number of alkyl halides is 2. The lowest BCUT2D eigenvalue weighted by Gasteiger charge is -2.22. The maximum Gasteiger partial charge on any atom is 0.387 e. The van der Waals surface area contributed by atoms with Gasteiger partial charge in [0.25, 0.3) is 0 Å². The average Bonchev–Trinajstić information content (AvgIpc) is 3.10. The Bertz CT molecular complexity index is 703. The third kappa shape index (κ3) is 4.66. The minimum absolute atomic E-state index is 0.123. The molecular formula is C19H21F3N2O. The summed E-state index contributed by atoms with van der Waals surface area (Å²) in [6.45, 7) is -0.135. The van der Waals surface area contributed by atoms with Crippen molar-refractivity contribution in [3.63, 3.8) is 0 Å². The first-order valence-electron chi connectivity index (χ1n) is 8.40. The largest absolute Gasteiger partial charge is 0.435 e. The lowest BCUT2D eigenvalue weighted by atomic mass is 10.1. The van der Waals surface area contributed by atoms with E-state index < -0.39 is 6.61 Å². The van der Waals surface area contributed by atoms with E-state index in [1.807, 2.05) is 12.1 Å². The highest BCUT2D eigenvalue weighted by Gasteiger charge is 2.17. The van der Waals surface area contributed by atoms with Crippen LogP contribution in [0.4, 0.5) is 18.9 Å². The molecule has 0 spiro atoms. The third-order valence-electron chi connectivity index (χ3n) is 4.30. The SMILES string of the molecule is Fc1cccc(N2CCCC2)c1CNCc1cccc(OC(F)F)c1. The first kappa shape index (κ1) is 17.6. The molecule has 0 saturated carbocycles. The Morgan fingerprint density at radius 2 is 1.80 bits per heavy atom. The molecule has 0 amide bonds. The summed E-state index contributed by atoms with van der Waals surface area (Å²) in [5.74, 6) is -0.107. The van der Waals surface area contributed by atoms with Crippen LogP contribution >= 0.6 is 0 Å². The van der Waals surface area contributed by atoms with Crippen molar-refractivity contribution in [1.29, 1.82) is 0 Å². The van der Waals surface area contributed by atoms with Gasteiger partial charge in [0.2, 0.25) is 0 Å². The van der Waals surface area contributed by atoms with E-state index in [1.165, 1.54) is 12.1 Å². The molecule has 1 fully saturated rings. The molecule has 0 unspecified atom stereocenters. The highest BCUT2D eigenvalue weighted by molar-refractivity contribution is 5.54. The van der Waals surface area contributed by atoms with Crippen molar-refractivity contribution in [2.45, 2.75) is 32.5 Å². The molecule has 2 aromatic rings. The molecule has 0 atom stereocenters. The number of rotatable bonds is 7. The minimum atomic E-state index is -2.84. The topological polar surface area (TPSA) is 24.5 Å². The number of halogens is 3. The number of anilines is 1. The number of benzene rings is 2. The molecule has 1 aliphatic rings. The summed E-state index contributed by atoms with van der Waals surface area (Å²) in [7, 11) is 0. The molecule has 2 aromatic carbocycles. The van der Waals surface area contributed by atoms with Crippen LogP contribution in [-0.2, 0) is 13.1 Å². The molecule has 3 rings (SSSR count). The lowest BCUT2D eigenvalue weighted by Crippen LogP contribution is -2.22. The zero-order valence-corrected chi connectivity index (χ0v) is 13.9. The van der Waals surface area contributed by atoms with Crippen molar-refractivity contribution in [1.82, 2.24) is 5.32 Å². The van der Waals surface area contributed by atoms with Gasteiger partial charge in [-0.3, -0.25) is 0 Å². The van der Waals surface area contributed by atoms with Crippen LogP contribution in [0.15, 0.2) is 42.5 Å². The average molecular weight is 350 g/mol. The van der Waals surface area contributed by atoms with Gasteiger partial charge in [-0.1, -0.05) is 18.2 Å². The molecule has 1 saturated heterocycles. The molecule has 0 radical (unpaired) electrons. The van der Waals surface area contributed by atoms with Crippen LogP contribution in [0.1, 0.15) is 24.0 Å². The van der Waals surface area contributed by atoms with E-state index in [0.717, 1.165) is 37.2 Å². The second-order valence-electron chi connectivity index (χ2n) is 6.06. The Balaban J connectivity index is 1.64. The summed E-state index contributed by atoms with van der Waals surface area (Å²) >= 11 is 0. The molecule has 1 aliphatic heterocycles. The second-order valence-corrected chi connectivity index (χ2v) is 6.06. The van der Waals surface area contributed by atoms with E-state index in [4.69, 9.17) is 0 Å². The fraction of sp³-hybridized carbons (Fsp3) is 0.368. The highest BCUT2D eigenvalue weighted by atomic mass is 19.3. The zero-order chi connectivity index (χ0) is 17.6. The van der Waals surface area contributed by atoms with E-state index in [0.29, 0.717) is 18.7 Å². The van der Waals surface area contributed by atoms with Gasteiger partial charge in [-0.15, -0.1) is 0 Å². The summed E-state index contributed by atoms with van der Waals surface area (Å²) in [4.78, 5) is 2.21. The van der Waals surface area contributed by atoms with Gasteiger partial charge >= 0.3 is 6.61 Å². The fourth-order valence-corrected chi connectivity index (χ4v) is 3.14. The zero-order valence-electron chi connectivity index (χ0n) is 13.9. The van der Waals surface area contributed by atoms with Gasteiger partial charge in [-0.2, -0.15) is 8.78 Å². The Morgan fingerprint density at radius 3 is 2.56 bits per heavy atom. The van der Waals surface area contributed by atoms with Crippen molar-refractivity contribution in [2.75, 3.05) is 18.0 Å². The minimum Gasteiger partial charge on any atom is -0.435 e. The van der Waals surface area contributed by atoms with E-state index in [2.05, 4.69) is 15.0 Å². The molecule has 6 heteroatoms. The van der Waals surface area contributed by atoms with E-state index >= 15 is 0 Å². The molecule has 3 nitrogen and oxygen atoms in total. The van der Waals surface area contributed by atoms with E-state index in [9.17, 15) is 13.2 Å².